The van der Waals surface area contributed by atoms with Crippen LogP contribution in [0.5, 0.6) is 11.5 Å². The van der Waals surface area contributed by atoms with Crippen molar-refractivity contribution < 1.29 is 14.3 Å². The van der Waals surface area contributed by atoms with Crippen LogP contribution in [0.1, 0.15) is 12.5 Å². The van der Waals surface area contributed by atoms with E-state index in [2.05, 4.69) is 15.9 Å². The summed E-state index contributed by atoms with van der Waals surface area (Å²) in [7, 11) is 0. The predicted molar refractivity (Wildman–Crippen MR) is 95.5 cm³/mol. The van der Waals surface area contributed by atoms with Crippen molar-refractivity contribution in [2.45, 2.75) is 13.0 Å². The smallest absolute Gasteiger partial charge is 0.352 e. The summed E-state index contributed by atoms with van der Waals surface area (Å²) < 4.78 is 11.7. The molecule has 0 N–H and O–H groups in total. The molecule has 0 spiro atoms. The van der Waals surface area contributed by atoms with Crippen LogP contribution in [0.3, 0.4) is 0 Å². The van der Waals surface area contributed by atoms with Crippen LogP contribution in [-0.4, -0.2) is 12.1 Å². The molecular weight excluding hydrogens is 384 g/mol. The number of halogens is 1. The minimum atomic E-state index is -0.780. The SMILES string of the molecule is CC(Oc1cccc(Br)c1)C(=O)Oc1ccc(C=C(C#N)C#N)cc1. The van der Waals surface area contributed by atoms with E-state index in [9.17, 15) is 4.79 Å². The molecule has 0 aliphatic carbocycles. The van der Waals surface area contributed by atoms with Crippen molar-refractivity contribution in [1.29, 1.82) is 10.5 Å². The standard InChI is InChI=1S/C19H13BrN2O3/c1-13(24-18-4-2-3-16(20)10-18)19(23)25-17-7-5-14(6-8-17)9-15(11-21)12-22/h2-10,13H,1H3. The first-order chi connectivity index (χ1) is 12.0. The number of hydrogen-bond acceptors (Lipinski definition) is 5. The Hall–Kier alpha value is -3.09. The molecule has 0 saturated heterocycles. The largest absolute Gasteiger partial charge is 0.479 e. The summed E-state index contributed by atoms with van der Waals surface area (Å²) in [5, 5.41) is 17.5. The van der Waals surface area contributed by atoms with Gasteiger partial charge >= 0.3 is 5.97 Å². The Morgan fingerprint density at radius 1 is 1.12 bits per heavy atom. The Labute approximate surface area is 153 Å². The molecule has 0 bridgehead atoms. The maximum Gasteiger partial charge on any atom is 0.352 e. The lowest BCUT2D eigenvalue weighted by molar-refractivity contribution is -0.141. The number of ether oxygens (including phenoxy) is 2. The van der Waals surface area contributed by atoms with Gasteiger partial charge in [-0.2, -0.15) is 10.5 Å². The van der Waals surface area contributed by atoms with E-state index in [-0.39, 0.29) is 5.57 Å². The van der Waals surface area contributed by atoms with E-state index in [1.807, 2.05) is 6.07 Å². The second-order valence-corrected chi connectivity index (χ2v) is 5.90. The number of carbonyl (C=O) groups excluding carboxylic acids is 1. The van der Waals surface area contributed by atoms with Gasteiger partial charge in [-0.1, -0.05) is 34.1 Å². The fourth-order valence-electron chi connectivity index (χ4n) is 1.88. The van der Waals surface area contributed by atoms with Gasteiger partial charge in [0.1, 0.15) is 29.2 Å². The summed E-state index contributed by atoms with van der Waals surface area (Å²) in [6.45, 7) is 1.60. The average Bonchev–Trinajstić information content (AvgIpc) is 2.61. The Balaban J connectivity index is 1.99. The fraction of sp³-hybridized carbons (Fsp3) is 0.105. The molecule has 0 aliphatic rings. The molecule has 1 unspecified atom stereocenters. The zero-order valence-corrected chi connectivity index (χ0v) is 14.9. The quantitative estimate of drug-likeness (QED) is 0.428. The molecule has 6 heteroatoms. The molecule has 25 heavy (non-hydrogen) atoms. The van der Waals surface area contributed by atoms with Crippen molar-refractivity contribution in [2.75, 3.05) is 0 Å². The number of rotatable bonds is 5. The number of nitriles is 2. The van der Waals surface area contributed by atoms with Gasteiger partial charge in [0.25, 0.3) is 0 Å². The van der Waals surface area contributed by atoms with E-state index >= 15 is 0 Å². The minimum absolute atomic E-state index is 0.000730. The van der Waals surface area contributed by atoms with Crippen LogP contribution in [0, 0.1) is 22.7 Å². The molecule has 0 aromatic heterocycles. The normalized spacial score (nSPS) is 10.7. The van der Waals surface area contributed by atoms with Gasteiger partial charge in [0, 0.05) is 4.47 Å². The molecule has 0 aliphatic heterocycles. The summed E-state index contributed by atoms with van der Waals surface area (Å²) in [5.74, 6) is 0.375. The zero-order chi connectivity index (χ0) is 18.2. The first kappa shape index (κ1) is 18.3. The van der Waals surface area contributed by atoms with Gasteiger partial charge in [0.2, 0.25) is 0 Å². The summed E-state index contributed by atoms with van der Waals surface area (Å²) in [5.41, 5.74) is 0.664. The van der Waals surface area contributed by atoms with Gasteiger partial charge in [-0.05, 0) is 48.9 Å². The topological polar surface area (TPSA) is 83.1 Å². The molecular formula is C19H13BrN2O3. The monoisotopic (exact) mass is 396 g/mol. The Morgan fingerprint density at radius 2 is 1.80 bits per heavy atom. The van der Waals surface area contributed by atoms with Gasteiger partial charge < -0.3 is 9.47 Å². The van der Waals surface area contributed by atoms with Crippen molar-refractivity contribution >= 4 is 28.0 Å². The highest BCUT2D eigenvalue weighted by Gasteiger charge is 2.17. The number of esters is 1. The number of benzene rings is 2. The van der Waals surface area contributed by atoms with E-state index in [0.717, 1.165) is 4.47 Å². The Bertz CT molecular complexity index is 861. The van der Waals surface area contributed by atoms with Crippen LogP contribution >= 0.6 is 15.9 Å². The summed E-state index contributed by atoms with van der Waals surface area (Å²) in [6.07, 6.45) is 0.669. The molecule has 2 aromatic rings. The van der Waals surface area contributed by atoms with E-state index in [4.69, 9.17) is 20.0 Å². The molecule has 1 atom stereocenters. The molecule has 0 amide bonds. The summed E-state index contributed by atoms with van der Waals surface area (Å²) in [6, 6.07) is 17.2. The number of allylic oxidation sites excluding steroid dienone is 1. The first-order valence-electron chi connectivity index (χ1n) is 7.27. The summed E-state index contributed by atoms with van der Waals surface area (Å²) >= 11 is 3.34. The maximum absolute atomic E-state index is 12.1. The second kappa shape index (κ2) is 8.68. The number of nitrogens with zero attached hydrogens (tertiary/aromatic N) is 2. The van der Waals surface area contributed by atoms with Gasteiger partial charge in [-0.25, -0.2) is 4.79 Å². The van der Waals surface area contributed by atoms with Crippen molar-refractivity contribution in [2.24, 2.45) is 0 Å². The van der Waals surface area contributed by atoms with E-state index < -0.39 is 12.1 Å². The minimum Gasteiger partial charge on any atom is -0.479 e. The highest BCUT2D eigenvalue weighted by molar-refractivity contribution is 9.10. The lowest BCUT2D eigenvalue weighted by Gasteiger charge is -2.14. The molecule has 0 radical (unpaired) electrons. The van der Waals surface area contributed by atoms with Crippen LogP contribution < -0.4 is 9.47 Å². The highest BCUT2D eigenvalue weighted by atomic mass is 79.9. The molecule has 124 valence electrons. The van der Waals surface area contributed by atoms with Crippen molar-refractivity contribution in [1.82, 2.24) is 0 Å². The lowest BCUT2D eigenvalue weighted by Crippen LogP contribution is -2.28. The molecule has 5 nitrogen and oxygen atoms in total. The molecule has 0 saturated carbocycles. The van der Waals surface area contributed by atoms with E-state index in [1.165, 1.54) is 6.08 Å². The van der Waals surface area contributed by atoms with E-state index in [0.29, 0.717) is 17.1 Å². The van der Waals surface area contributed by atoms with Crippen LogP contribution in [0.4, 0.5) is 0 Å². The van der Waals surface area contributed by atoms with Crippen molar-refractivity contribution in [3.05, 3.63) is 64.1 Å². The van der Waals surface area contributed by atoms with Crippen LogP contribution in [0.15, 0.2) is 58.6 Å². The first-order valence-corrected chi connectivity index (χ1v) is 8.07. The molecule has 0 fully saturated rings. The second-order valence-electron chi connectivity index (χ2n) is 4.99. The third-order valence-electron chi connectivity index (χ3n) is 3.09. The van der Waals surface area contributed by atoms with Crippen LogP contribution in [0.2, 0.25) is 0 Å². The van der Waals surface area contributed by atoms with Gasteiger partial charge in [-0.15, -0.1) is 0 Å². The van der Waals surface area contributed by atoms with Gasteiger partial charge in [0.15, 0.2) is 6.10 Å². The van der Waals surface area contributed by atoms with Crippen LogP contribution in [-0.2, 0) is 4.79 Å². The number of hydrogen-bond donors (Lipinski definition) is 0. The Morgan fingerprint density at radius 3 is 2.40 bits per heavy atom. The van der Waals surface area contributed by atoms with Crippen LogP contribution in [0.25, 0.3) is 6.08 Å². The van der Waals surface area contributed by atoms with Crippen molar-refractivity contribution in [3.8, 4) is 23.6 Å². The zero-order valence-electron chi connectivity index (χ0n) is 13.3. The molecule has 2 rings (SSSR count). The molecule has 2 aromatic carbocycles. The third kappa shape index (κ3) is 5.49. The maximum atomic E-state index is 12.1. The van der Waals surface area contributed by atoms with Crippen molar-refractivity contribution in [3.63, 3.8) is 0 Å². The fourth-order valence-corrected chi connectivity index (χ4v) is 2.26. The van der Waals surface area contributed by atoms with Gasteiger partial charge in [0.05, 0.1) is 0 Å². The summed E-state index contributed by atoms with van der Waals surface area (Å²) in [4.78, 5) is 12.1. The third-order valence-corrected chi connectivity index (χ3v) is 3.58. The van der Waals surface area contributed by atoms with Gasteiger partial charge in [-0.3, -0.25) is 0 Å². The highest BCUT2D eigenvalue weighted by Crippen LogP contribution is 2.20. The number of carbonyl (C=O) groups is 1. The Kier molecular flexibility index (Phi) is 6.33. The predicted octanol–water partition coefficient (Wildman–Crippen LogP) is 4.25. The van der Waals surface area contributed by atoms with E-state index in [1.54, 1.807) is 61.5 Å². The lowest BCUT2D eigenvalue weighted by atomic mass is 10.1. The average molecular weight is 397 g/mol. The molecule has 0 heterocycles.